The van der Waals surface area contributed by atoms with Crippen LogP contribution in [-0.2, 0) is 16.8 Å². The van der Waals surface area contributed by atoms with E-state index < -0.39 is 30.7 Å². The predicted octanol–water partition coefficient (Wildman–Crippen LogP) is 4.05. The van der Waals surface area contributed by atoms with Gasteiger partial charge in [-0.2, -0.15) is 13.9 Å². The van der Waals surface area contributed by atoms with E-state index in [0.717, 1.165) is 0 Å². The summed E-state index contributed by atoms with van der Waals surface area (Å²) in [5.41, 5.74) is -1.70. The first-order chi connectivity index (χ1) is 12.1. The molecular formula is C15H15Cl2F4N3O2. The first kappa shape index (κ1) is 20.9. The fourth-order valence-corrected chi connectivity index (χ4v) is 2.96. The zero-order valence-electron chi connectivity index (χ0n) is 13.4. The van der Waals surface area contributed by atoms with Crippen LogP contribution in [-0.4, -0.2) is 39.4 Å². The van der Waals surface area contributed by atoms with Gasteiger partial charge in [0.25, 0.3) is 0 Å². The highest BCUT2D eigenvalue weighted by molar-refractivity contribution is 6.35. The van der Waals surface area contributed by atoms with Crippen LogP contribution in [0.3, 0.4) is 0 Å². The number of nitrogens with zero attached hydrogens (tertiary/aromatic N) is 2. The molecule has 1 heterocycles. The van der Waals surface area contributed by atoms with Crippen LogP contribution in [0.5, 0.6) is 0 Å². The van der Waals surface area contributed by atoms with Gasteiger partial charge in [0.05, 0.1) is 6.61 Å². The Morgan fingerprint density at radius 1 is 1.31 bits per heavy atom. The molecule has 0 unspecified atom stereocenters. The SMILES string of the molecule is C[C@@H](COC(F)(F)C(F)F)[C@](O)(Cc1ncn[nH]1)c1ccc(Cl)cc1Cl. The molecule has 0 aliphatic carbocycles. The van der Waals surface area contributed by atoms with Crippen LogP contribution >= 0.6 is 23.2 Å². The average Bonchev–Trinajstić information content (AvgIpc) is 3.04. The summed E-state index contributed by atoms with van der Waals surface area (Å²) in [7, 11) is 0. The molecule has 2 atom stereocenters. The van der Waals surface area contributed by atoms with Gasteiger partial charge in [-0.3, -0.25) is 5.10 Å². The number of ether oxygens (including phenoxy) is 1. The van der Waals surface area contributed by atoms with E-state index in [2.05, 4.69) is 19.9 Å². The van der Waals surface area contributed by atoms with Gasteiger partial charge >= 0.3 is 12.5 Å². The number of H-pyrrole nitrogens is 1. The maximum absolute atomic E-state index is 13.1. The zero-order chi connectivity index (χ0) is 19.5. The van der Waals surface area contributed by atoms with Crippen LogP contribution in [0.1, 0.15) is 18.3 Å². The fraction of sp³-hybridized carbons (Fsp3) is 0.467. The second-order valence-electron chi connectivity index (χ2n) is 5.73. The molecule has 0 spiro atoms. The molecule has 0 radical (unpaired) electrons. The molecule has 1 aromatic carbocycles. The number of nitrogens with one attached hydrogen (secondary N) is 1. The van der Waals surface area contributed by atoms with Gasteiger partial charge in [-0.15, -0.1) is 0 Å². The van der Waals surface area contributed by atoms with Gasteiger partial charge in [0.15, 0.2) is 0 Å². The molecule has 144 valence electrons. The lowest BCUT2D eigenvalue weighted by atomic mass is 9.79. The fourth-order valence-electron chi connectivity index (χ4n) is 2.38. The van der Waals surface area contributed by atoms with Gasteiger partial charge in [-0.1, -0.05) is 36.2 Å². The maximum Gasteiger partial charge on any atom is 0.416 e. The minimum atomic E-state index is -4.63. The van der Waals surface area contributed by atoms with Crippen molar-refractivity contribution in [1.82, 2.24) is 15.2 Å². The van der Waals surface area contributed by atoms with E-state index in [0.29, 0.717) is 5.02 Å². The van der Waals surface area contributed by atoms with E-state index in [9.17, 15) is 22.7 Å². The van der Waals surface area contributed by atoms with Gasteiger partial charge in [0.1, 0.15) is 17.8 Å². The van der Waals surface area contributed by atoms with Crippen LogP contribution < -0.4 is 0 Å². The number of alkyl halides is 4. The van der Waals surface area contributed by atoms with Gasteiger partial charge in [0.2, 0.25) is 0 Å². The highest BCUT2D eigenvalue weighted by atomic mass is 35.5. The Balaban J connectivity index is 2.33. The lowest BCUT2D eigenvalue weighted by Gasteiger charge is -2.35. The zero-order valence-corrected chi connectivity index (χ0v) is 14.9. The van der Waals surface area contributed by atoms with Gasteiger partial charge in [0, 0.05) is 27.9 Å². The molecule has 2 N–H and O–H groups in total. The van der Waals surface area contributed by atoms with E-state index in [1.165, 1.54) is 31.5 Å². The van der Waals surface area contributed by atoms with Crippen LogP contribution in [0.25, 0.3) is 0 Å². The molecular weight excluding hydrogens is 401 g/mol. The molecule has 0 saturated heterocycles. The lowest BCUT2D eigenvalue weighted by molar-refractivity contribution is -0.308. The van der Waals surface area contributed by atoms with Gasteiger partial charge < -0.3 is 9.84 Å². The normalized spacial score (nSPS) is 15.9. The van der Waals surface area contributed by atoms with Crippen molar-refractivity contribution in [1.29, 1.82) is 0 Å². The van der Waals surface area contributed by atoms with Crippen LogP contribution in [0.2, 0.25) is 10.0 Å². The number of benzene rings is 1. The topological polar surface area (TPSA) is 71.0 Å². The lowest BCUT2D eigenvalue weighted by Crippen LogP contribution is -2.41. The Morgan fingerprint density at radius 2 is 2.00 bits per heavy atom. The third-order valence-electron chi connectivity index (χ3n) is 3.89. The van der Waals surface area contributed by atoms with Crippen molar-refractivity contribution in [2.24, 2.45) is 5.92 Å². The molecule has 11 heteroatoms. The largest absolute Gasteiger partial charge is 0.416 e. The summed E-state index contributed by atoms with van der Waals surface area (Å²) < 4.78 is 54.8. The number of hydrogen-bond donors (Lipinski definition) is 2. The highest BCUT2D eigenvalue weighted by Crippen LogP contribution is 2.39. The Hall–Kier alpha value is -1.42. The average molecular weight is 416 g/mol. The maximum atomic E-state index is 13.1. The van der Waals surface area contributed by atoms with E-state index in [-0.39, 0.29) is 22.8 Å². The molecule has 26 heavy (non-hydrogen) atoms. The molecule has 0 aliphatic rings. The van der Waals surface area contributed by atoms with E-state index in [1.807, 2.05) is 0 Å². The number of aromatic nitrogens is 3. The second kappa shape index (κ2) is 8.08. The molecule has 0 amide bonds. The Kier molecular flexibility index (Phi) is 6.49. The van der Waals surface area contributed by atoms with Crippen molar-refractivity contribution >= 4 is 23.2 Å². The minimum Gasteiger partial charge on any atom is -0.384 e. The first-order valence-electron chi connectivity index (χ1n) is 7.38. The Bertz CT molecular complexity index is 734. The summed E-state index contributed by atoms with van der Waals surface area (Å²) in [5, 5.41) is 17.8. The molecule has 2 aromatic rings. The van der Waals surface area contributed by atoms with E-state index in [4.69, 9.17) is 23.2 Å². The van der Waals surface area contributed by atoms with Gasteiger partial charge in [-0.25, -0.2) is 13.8 Å². The molecule has 0 bridgehead atoms. The van der Waals surface area contributed by atoms with Crippen LogP contribution in [0.4, 0.5) is 17.6 Å². The Morgan fingerprint density at radius 3 is 2.54 bits per heavy atom. The second-order valence-corrected chi connectivity index (χ2v) is 6.58. The molecule has 2 rings (SSSR count). The summed E-state index contributed by atoms with van der Waals surface area (Å²) in [6, 6.07) is 4.24. The third-order valence-corrected chi connectivity index (χ3v) is 4.44. The van der Waals surface area contributed by atoms with E-state index >= 15 is 0 Å². The minimum absolute atomic E-state index is 0.0759. The summed E-state index contributed by atoms with van der Waals surface area (Å²) in [6.07, 6.45) is -7.62. The van der Waals surface area contributed by atoms with E-state index in [1.54, 1.807) is 0 Å². The van der Waals surface area contributed by atoms with Crippen molar-refractivity contribution in [2.45, 2.75) is 31.5 Å². The molecule has 0 saturated carbocycles. The number of hydrogen-bond acceptors (Lipinski definition) is 4. The molecule has 0 aliphatic heterocycles. The molecule has 0 fully saturated rings. The Labute approximate surface area is 156 Å². The van der Waals surface area contributed by atoms with Crippen molar-refractivity contribution in [2.75, 3.05) is 6.61 Å². The summed E-state index contributed by atoms with van der Waals surface area (Å²) in [4.78, 5) is 3.89. The predicted molar refractivity (Wildman–Crippen MR) is 86.5 cm³/mol. The highest BCUT2D eigenvalue weighted by Gasteiger charge is 2.45. The number of halogens is 6. The number of rotatable bonds is 8. The number of aromatic amines is 1. The van der Waals surface area contributed by atoms with Crippen molar-refractivity contribution in [3.63, 3.8) is 0 Å². The van der Waals surface area contributed by atoms with Gasteiger partial charge in [-0.05, 0) is 12.1 Å². The summed E-state index contributed by atoms with van der Waals surface area (Å²) >= 11 is 12.0. The monoisotopic (exact) mass is 415 g/mol. The first-order valence-corrected chi connectivity index (χ1v) is 8.14. The van der Waals surface area contributed by atoms with Crippen LogP contribution in [0, 0.1) is 5.92 Å². The van der Waals surface area contributed by atoms with Crippen molar-refractivity contribution in [3.05, 3.63) is 46.0 Å². The third kappa shape index (κ3) is 4.64. The molecule has 5 nitrogen and oxygen atoms in total. The standard InChI is InChI=1S/C15H15Cl2F4N3O2/c1-8(6-26-15(20,21)13(18)19)14(25,5-12-22-7-23-24-12)10-3-2-9(16)4-11(10)17/h2-4,7-8,13,25H,5-6H2,1H3,(H,22,23,24)/t8-,14+/m0/s1. The van der Waals surface area contributed by atoms with Crippen LogP contribution in [0.15, 0.2) is 24.5 Å². The smallest absolute Gasteiger partial charge is 0.384 e. The summed E-state index contributed by atoms with van der Waals surface area (Å²) in [5.74, 6) is -0.818. The number of aliphatic hydroxyl groups is 1. The summed E-state index contributed by atoms with van der Waals surface area (Å²) in [6.45, 7) is 0.504. The van der Waals surface area contributed by atoms with Crippen molar-refractivity contribution in [3.8, 4) is 0 Å². The van der Waals surface area contributed by atoms with Crippen molar-refractivity contribution < 1.29 is 27.4 Å². The molecule has 1 aromatic heterocycles. The quantitative estimate of drug-likeness (QED) is 0.637.